The van der Waals surface area contributed by atoms with E-state index in [0.29, 0.717) is 76.0 Å². The van der Waals surface area contributed by atoms with E-state index < -0.39 is 19.3 Å². The summed E-state index contributed by atoms with van der Waals surface area (Å²) in [6.07, 6.45) is 7.89. The molecular formula is C41H57Cl3F2N10O5S. The second-order valence-corrected chi connectivity index (χ2v) is 16.5. The monoisotopic (exact) mass is 944 g/mol. The van der Waals surface area contributed by atoms with Gasteiger partial charge in [0.2, 0.25) is 18.1 Å². The summed E-state index contributed by atoms with van der Waals surface area (Å²) in [6.45, 7) is 5.66. The molecule has 2 aromatic carbocycles. The van der Waals surface area contributed by atoms with Gasteiger partial charge < -0.3 is 35.4 Å². The fourth-order valence-corrected chi connectivity index (χ4v) is 8.06. The van der Waals surface area contributed by atoms with Gasteiger partial charge in [-0.1, -0.05) is 59.2 Å². The molecule has 21 heteroatoms. The number of ether oxygens (including phenoxy) is 2. The number of thioether (sulfide) groups is 1. The molecule has 7 rings (SSSR count). The number of halogens is 5. The molecule has 15 nitrogen and oxygen atoms in total. The molecule has 0 unspecified atom stereocenters. The highest BCUT2D eigenvalue weighted by molar-refractivity contribution is 8.13. The third-order valence-corrected chi connectivity index (χ3v) is 11.5. The Labute approximate surface area is 382 Å². The van der Waals surface area contributed by atoms with E-state index in [9.17, 15) is 13.6 Å². The van der Waals surface area contributed by atoms with E-state index in [-0.39, 0.29) is 36.7 Å². The number of likely N-dealkylation sites (tertiary alicyclic amines) is 1. The number of ketones is 1. The number of nitrogens with one attached hydrogen (secondary N) is 2. The maximum absolute atomic E-state index is 13.3. The number of nitriles is 1. The minimum atomic E-state index is -0.833. The molecule has 5 heterocycles. The fraction of sp³-hybridized carbons (Fsp3) is 0.561. The van der Waals surface area contributed by atoms with Gasteiger partial charge in [-0.05, 0) is 67.3 Å². The normalized spacial score (nSPS) is 22.0. The molecule has 4 aliphatic rings. The van der Waals surface area contributed by atoms with Crippen molar-refractivity contribution in [3.63, 3.8) is 0 Å². The van der Waals surface area contributed by atoms with Crippen LogP contribution in [0.1, 0.15) is 43.7 Å². The second-order valence-electron chi connectivity index (χ2n) is 14.8. The summed E-state index contributed by atoms with van der Waals surface area (Å²) in [5, 5.41) is 28.1. The van der Waals surface area contributed by atoms with Crippen LogP contribution in [-0.2, 0) is 31.9 Å². The molecule has 4 saturated heterocycles. The number of Topliss-reactive ketones (excluding diaryl/α,β-unsaturated/α-hetero) is 1. The van der Waals surface area contributed by atoms with Gasteiger partial charge in [-0.3, -0.25) is 14.5 Å². The zero-order chi connectivity index (χ0) is 44.1. The number of alkyl halides is 2. The number of nitrogens with two attached hydrogens (primary N) is 1. The van der Waals surface area contributed by atoms with Crippen molar-refractivity contribution >= 4 is 76.2 Å². The number of nitrogens with zero attached hydrogens (tertiary/aromatic N) is 7. The van der Waals surface area contributed by atoms with Crippen LogP contribution in [0.5, 0.6) is 0 Å². The first-order valence-corrected chi connectivity index (χ1v) is 22.1. The van der Waals surface area contributed by atoms with Crippen LogP contribution in [0.3, 0.4) is 0 Å². The van der Waals surface area contributed by atoms with Crippen molar-refractivity contribution in [2.45, 2.75) is 75.8 Å². The van der Waals surface area contributed by atoms with Gasteiger partial charge in [-0.2, -0.15) is 10.2 Å². The maximum Gasteiger partial charge on any atom is 0.300 e. The van der Waals surface area contributed by atoms with Crippen molar-refractivity contribution in [3.05, 3.63) is 69.7 Å². The highest BCUT2D eigenvalue weighted by Crippen LogP contribution is 2.27. The number of carbonyl (C=O) groups excluding carboxylic acids is 1. The third-order valence-electron chi connectivity index (χ3n) is 10.3. The van der Waals surface area contributed by atoms with Crippen molar-refractivity contribution in [3.8, 4) is 6.19 Å². The zero-order valence-electron chi connectivity index (χ0n) is 34.9. The lowest BCUT2D eigenvalue weighted by molar-refractivity contribution is -0.134. The molecule has 3 aromatic rings. The molecule has 5 N–H and O–H groups in total. The molecular weight excluding hydrogens is 889 g/mol. The topological polar surface area (TPSA) is 198 Å². The van der Waals surface area contributed by atoms with Crippen molar-refractivity contribution < 1.29 is 33.0 Å². The number of aromatic nitrogens is 3. The first-order valence-electron chi connectivity index (χ1n) is 20.1. The summed E-state index contributed by atoms with van der Waals surface area (Å²) in [7, 11) is 0. The van der Waals surface area contributed by atoms with E-state index in [0.717, 1.165) is 60.9 Å². The van der Waals surface area contributed by atoms with Crippen molar-refractivity contribution in [1.82, 2.24) is 30.3 Å². The number of aliphatic imine (C=N–C) groups is 1. The van der Waals surface area contributed by atoms with Crippen LogP contribution < -0.4 is 16.0 Å². The minimum Gasteiger partial charge on any atom is -0.481 e. The first-order chi connectivity index (χ1) is 29.4. The Balaban J connectivity index is 0.000000256. The van der Waals surface area contributed by atoms with E-state index in [1.807, 2.05) is 47.6 Å². The lowest BCUT2D eigenvalue weighted by Crippen LogP contribution is -2.57. The molecule has 0 saturated carbocycles. The number of hydrogen-bond donors (Lipinski definition) is 4. The Morgan fingerprint density at radius 3 is 2.03 bits per heavy atom. The SMILES string of the molecule is CC(=O)O.CSC(=NC#N)N1CCC(=O)CC1.Cl.FC[C@H]1CN[C@@H](Cc2ccc(Cl)cc2)CO1.Nc1nc(N2CCC(N3C[C@H](CF)OC[C@@H]3Cc3ccc(Cl)cc3)CC2)n[nH]1. The van der Waals surface area contributed by atoms with Gasteiger partial charge in [0, 0.05) is 87.2 Å². The summed E-state index contributed by atoms with van der Waals surface area (Å²) in [4.78, 5) is 34.4. The number of rotatable bonds is 8. The van der Waals surface area contributed by atoms with Gasteiger partial charge in [0.15, 0.2) is 5.17 Å². The van der Waals surface area contributed by atoms with E-state index in [4.69, 9.17) is 53.6 Å². The van der Waals surface area contributed by atoms with Crippen molar-refractivity contribution in [1.29, 1.82) is 5.26 Å². The number of aliphatic carboxylic acids is 1. The lowest BCUT2D eigenvalue weighted by atomic mass is 9.96. The van der Waals surface area contributed by atoms with Gasteiger partial charge in [-0.15, -0.1) is 22.5 Å². The molecule has 0 radical (unpaired) electrons. The standard InChI is InChI=1S/C19H26ClFN6O.C12H15ClFNO.C8H11N3OS.C2H4O2.ClH/c20-14-3-1-13(2-4-14)9-16-12-28-17(10-21)11-27(16)15-5-7-26(8-6-15)19-23-18(22)24-25-19;13-10-3-1-9(2-4-10)5-11-8-16-12(6-14)7-15-11;1-13-8(10-6-9)11-4-2-7(12)3-5-11;1-2(3)4;/h1-4,15-17H,5-12H2,(H3,22,23,24,25);1-4,11-12,15H,5-8H2;2-5H2,1H3;1H3,(H,3,4);1H/t16-,17-;11-,12-;;;/m00.../s1. The Hall–Kier alpha value is -3.80. The largest absolute Gasteiger partial charge is 0.481 e. The molecule has 342 valence electrons. The van der Waals surface area contributed by atoms with Crippen LogP contribution in [0.4, 0.5) is 20.7 Å². The van der Waals surface area contributed by atoms with Gasteiger partial charge >= 0.3 is 0 Å². The first kappa shape index (κ1) is 52.5. The number of H-pyrrole nitrogens is 1. The van der Waals surface area contributed by atoms with Gasteiger partial charge in [0.1, 0.15) is 19.1 Å². The predicted molar refractivity (Wildman–Crippen MR) is 243 cm³/mol. The van der Waals surface area contributed by atoms with Gasteiger partial charge in [-0.25, -0.2) is 13.9 Å². The smallest absolute Gasteiger partial charge is 0.300 e. The average molecular weight is 946 g/mol. The summed E-state index contributed by atoms with van der Waals surface area (Å²) in [5.74, 6) is 0.449. The lowest BCUT2D eigenvalue weighted by Gasteiger charge is -2.46. The molecule has 0 aliphatic carbocycles. The predicted octanol–water partition coefficient (Wildman–Crippen LogP) is 5.86. The molecule has 0 bridgehead atoms. The number of carboxylic acid groups (broad SMARTS) is 1. The van der Waals surface area contributed by atoms with Crippen LogP contribution in [0.25, 0.3) is 0 Å². The minimum absolute atomic E-state index is 0. The summed E-state index contributed by atoms with van der Waals surface area (Å²) >= 11 is 13.3. The Morgan fingerprint density at radius 2 is 1.55 bits per heavy atom. The Morgan fingerprint density at radius 1 is 0.984 bits per heavy atom. The number of nitrogen functional groups attached to an aromatic ring is 1. The summed E-state index contributed by atoms with van der Waals surface area (Å²) in [5.41, 5.74) is 8.07. The molecule has 4 aliphatic heterocycles. The highest BCUT2D eigenvalue weighted by Gasteiger charge is 2.36. The average Bonchev–Trinajstić information content (AvgIpc) is 3.71. The van der Waals surface area contributed by atoms with Crippen LogP contribution in [0, 0.1) is 11.5 Å². The number of morpholine rings is 2. The van der Waals surface area contributed by atoms with E-state index >= 15 is 0 Å². The number of aromatic amines is 1. The van der Waals surface area contributed by atoms with Crippen LogP contribution in [0.2, 0.25) is 10.0 Å². The van der Waals surface area contributed by atoms with Gasteiger partial charge in [0.25, 0.3) is 5.97 Å². The molecule has 4 fully saturated rings. The second kappa shape index (κ2) is 28.1. The molecule has 0 spiro atoms. The van der Waals surface area contributed by atoms with Crippen LogP contribution in [-0.4, -0.2) is 149 Å². The van der Waals surface area contributed by atoms with Gasteiger partial charge in [0.05, 0.1) is 25.4 Å². The molecule has 62 heavy (non-hydrogen) atoms. The van der Waals surface area contributed by atoms with Crippen LogP contribution in [0.15, 0.2) is 53.5 Å². The van der Waals surface area contributed by atoms with Crippen LogP contribution >= 0.6 is 47.4 Å². The Bertz CT molecular complexity index is 1830. The molecule has 4 atom stereocenters. The van der Waals surface area contributed by atoms with E-state index in [1.165, 1.54) is 22.9 Å². The quantitative estimate of drug-likeness (QED) is 0.119. The summed E-state index contributed by atoms with van der Waals surface area (Å²) in [6, 6.07) is 16.6. The number of benzene rings is 2. The summed E-state index contributed by atoms with van der Waals surface area (Å²) < 4.78 is 36.7. The number of hydrogen-bond acceptors (Lipinski definition) is 13. The number of amidine groups is 1. The van der Waals surface area contributed by atoms with E-state index in [1.54, 1.807) is 6.19 Å². The number of carbonyl (C=O) groups is 2. The molecule has 1 aromatic heterocycles. The highest BCUT2D eigenvalue weighted by atomic mass is 35.5. The fourth-order valence-electron chi connectivity index (χ4n) is 7.23. The Kier molecular flexibility index (Phi) is 23.8. The number of carboxylic acids is 1. The number of anilines is 2. The number of piperidine rings is 2. The van der Waals surface area contributed by atoms with Crippen molar-refractivity contribution in [2.24, 2.45) is 4.99 Å². The zero-order valence-corrected chi connectivity index (χ0v) is 38.1. The molecule has 0 amide bonds. The van der Waals surface area contributed by atoms with E-state index in [2.05, 4.69) is 47.4 Å². The third kappa shape index (κ3) is 18.1. The maximum atomic E-state index is 13.3. The van der Waals surface area contributed by atoms with Crippen molar-refractivity contribution in [2.75, 3.05) is 82.7 Å².